The fraction of sp³-hybridized carbons (Fsp3) is 0.750. The van der Waals surface area contributed by atoms with Crippen molar-refractivity contribution in [1.29, 1.82) is 0 Å². The minimum atomic E-state index is -1.70. The number of hydrogen-bond donors (Lipinski definition) is 1. The number of Topliss-reactive ketones (excluding diaryl/α,β-unsaturated/α-hetero) is 1. The van der Waals surface area contributed by atoms with Gasteiger partial charge in [0, 0.05) is 12.5 Å². The van der Waals surface area contributed by atoms with Gasteiger partial charge in [-0.15, -0.1) is 0 Å². The van der Waals surface area contributed by atoms with Gasteiger partial charge in [0.15, 0.2) is 17.6 Å². The van der Waals surface area contributed by atoms with E-state index >= 15 is 0 Å². The number of ether oxygens (including phenoxy) is 1. The molecule has 1 N–H and O–H groups in total. The summed E-state index contributed by atoms with van der Waals surface area (Å²) in [6.07, 6.45) is 7.80. The molecule has 0 aromatic carbocycles. The van der Waals surface area contributed by atoms with Crippen LogP contribution in [0.2, 0.25) is 0 Å². The summed E-state index contributed by atoms with van der Waals surface area (Å²) in [6, 6.07) is 0. The first-order chi connectivity index (χ1) is 12.8. The average molecular weight is 438 g/mol. The van der Waals surface area contributed by atoms with Crippen molar-refractivity contribution >= 4 is 33.6 Å². The zero-order chi connectivity index (χ0) is 19.1. The predicted molar refractivity (Wildman–Crippen MR) is 98.6 cm³/mol. The van der Waals surface area contributed by atoms with E-state index in [1.807, 2.05) is 6.92 Å². The smallest absolute Gasteiger partial charge is 0.314 e. The molecule has 0 spiro atoms. The Morgan fingerprint density at radius 3 is 2.78 bits per heavy atom. The molecule has 8 atom stereocenters. The van der Waals surface area contributed by atoms with E-state index in [0.717, 1.165) is 25.7 Å². The predicted octanol–water partition coefficient (Wildman–Crippen LogP) is 1.79. The van der Waals surface area contributed by atoms with Gasteiger partial charge in [-0.05, 0) is 37.0 Å². The monoisotopic (exact) mass is 437 g/mol. The fourth-order valence-corrected chi connectivity index (χ4v) is 7.20. The third-order valence-electron chi connectivity index (χ3n) is 7.63. The molecule has 3 heterocycles. The quantitative estimate of drug-likeness (QED) is 0.308. The van der Waals surface area contributed by atoms with E-state index in [0.29, 0.717) is 12.3 Å². The molecule has 4 fully saturated rings. The summed E-state index contributed by atoms with van der Waals surface area (Å²) in [4.78, 5) is 40.7. The molecule has 0 radical (unpaired) electrons. The molecule has 7 heteroatoms. The number of halogens is 1. The second-order valence-corrected chi connectivity index (χ2v) is 10.1. The number of rotatable bonds is 2. The molecule has 5 aliphatic rings. The maximum atomic E-state index is 13.8. The van der Waals surface area contributed by atoms with Gasteiger partial charge in [0.25, 0.3) is 5.91 Å². The first-order valence-electron chi connectivity index (χ1n) is 9.97. The number of esters is 1. The topological polar surface area (TPSA) is 83.9 Å². The van der Waals surface area contributed by atoms with Crippen LogP contribution >= 0.6 is 15.9 Å². The number of nitrogens with zero attached hydrogens (tertiary/aromatic N) is 1. The summed E-state index contributed by atoms with van der Waals surface area (Å²) in [5.41, 5.74) is -1.70. The van der Waals surface area contributed by atoms with Gasteiger partial charge >= 0.3 is 5.97 Å². The lowest BCUT2D eigenvalue weighted by Gasteiger charge is -2.43. The number of alkyl halides is 1. The van der Waals surface area contributed by atoms with Crippen LogP contribution in [-0.4, -0.2) is 50.4 Å². The van der Waals surface area contributed by atoms with Crippen molar-refractivity contribution in [2.45, 2.75) is 55.2 Å². The number of aliphatic hydroxyl groups is 1. The van der Waals surface area contributed by atoms with Crippen molar-refractivity contribution in [3.05, 3.63) is 12.2 Å². The van der Waals surface area contributed by atoms with E-state index in [-0.39, 0.29) is 30.1 Å². The number of ketones is 1. The number of hydrogen-bond acceptors (Lipinski definition) is 5. The van der Waals surface area contributed by atoms with E-state index in [4.69, 9.17) is 4.74 Å². The highest BCUT2D eigenvalue weighted by molar-refractivity contribution is 9.10. The maximum absolute atomic E-state index is 13.8. The molecular formula is C20H24BrNO5. The third-order valence-corrected chi connectivity index (χ3v) is 8.78. The molecular weight excluding hydrogens is 414 g/mol. The first kappa shape index (κ1) is 17.9. The van der Waals surface area contributed by atoms with E-state index in [2.05, 4.69) is 28.1 Å². The molecule has 2 aliphatic carbocycles. The second-order valence-electron chi connectivity index (χ2n) is 8.86. The van der Waals surface area contributed by atoms with Gasteiger partial charge in [-0.1, -0.05) is 47.8 Å². The minimum absolute atomic E-state index is 0.0112. The van der Waals surface area contributed by atoms with E-state index in [1.165, 1.54) is 4.90 Å². The molecule has 0 aromatic rings. The van der Waals surface area contributed by atoms with Crippen LogP contribution in [0.25, 0.3) is 0 Å². The third kappa shape index (κ3) is 2.02. The number of carbonyl (C=O) groups excluding carboxylic acids is 3. The van der Waals surface area contributed by atoms with Crippen LogP contribution in [-0.2, 0) is 19.1 Å². The summed E-state index contributed by atoms with van der Waals surface area (Å²) < 4.78 is 3.77. The minimum Gasteiger partial charge on any atom is -0.454 e. The Labute approximate surface area is 166 Å². The van der Waals surface area contributed by atoms with Gasteiger partial charge in [0.05, 0.1) is 0 Å². The highest BCUT2D eigenvalue weighted by Crippen LogP contribution is 2.57. The molecule has 3 saturated heterocycles. The Balaban J connectivity index is 1.55. The molecule has 0 bridgehead atoms. The Morgan fingerprint density at radius 1 is 1.26 bits per heavy atom. The molecule has 3 aliphatic heterocycles. The molecule has 8 unspecified atom stereocenters. The van der Waals surface area contributed by atoms with Gasteiger partial charge in [0.2, 0.25) is 4.32 Å². The SMILES string of the molecule is CC1C=CC2CCCCC2C1C(=O)C1(Br)C(=O)N2CCC3C(=O)OC1C32O. The van der Waals surface area contributed by atoms with Crippen molar-refractivity contribution in [3.8, 4) is 0 Å². The van der Waals surface area contributed by atoms with Crippen molar-refractivity contribution < 1.29 is 24.2 Å². The number of amides is 1. The molecule has 0 aromatic heterocycles. The summed E-state index contributed by atoms with van der Waals surface area (Å²) in [5.74, 6) is -1.70. The lowest BCUT2D eigenvalue weighted by atomic mass is 9.62. The summed E-state index contributed by atoms with van der Waals surface area (Å²) in [6.45, 7) is 2.29. The van der Waals surface area contributed by atoms with Crippen molar-refractivity contribution in [3.63, 3.8) is 0 Å². The zero-order valence-electron chi connectivity index (χ0n) is 15.3. The molecule has 5 rings (SSSR count). The summed E-state index contributed by atoms with van der Waals surface area (Å²) >= 11 is 3.43. The van der Waals surface area contributed by atoms with Gasteiger partial charge in [-0.2, -0.15) is 0 Å². The number of allylic oxidation sites excluding steroid dienone is 2. The maximum Gasteiger partial charge on any atom is 0.314 e. The Kier molecular flexibility index (Phi) is 3.74. The van der Waals surface area contributed by atoms with Crippen molar-refractivity contribution in [2.24, 2.45) is 29.6 Å². The molecule has 1 saturated carbocycles. The Morgan fingerprint density at radius 2 is 2.00 bits per heavy atom. The second kappa shape index (κ2) is 5.66. The molecule has 146 valence electrons. The largest absolute Gasteiger partial charge is 0.454 e. The van der Waals surface area contributed by atoms with E-state index in [1.54, 1.807) is 0 Å². The van der Waals surface area contributed by atoms with Gasteiger partial charge in [-0.25, -0.2) is 0 Å². The van der Waals surface area contributed by atoms with Crippen LogP contribution in [0.5, 0.6) is 0 Å². The summed E-state index contributed by atoms with van der Waals surface area (Å²) in [7, 11) is 0. The number of carbonyl (C=O) groups is 3. The lowest BCUT2D eigenvalue weighted by molar-refractivity contribution is -0.148. The van der Waals surface area contributed by atoms with Crippen molar-refractivity contribution in [1.82, 2.24) is 4.90 Å². The van der Waals surface area contributed by atoms with Crippen LogP contribution in [0.1, 0.15) is 39.0 Å². The van der Waals surface area contributed by atoms with Gasteiger partial charge in [0.1, 0.15) is 5.92 Å². The van der Waals surface area contributed by atoms with Crippen LogP contribution in [0.4, 0.5) is 0 Å². The molecule has 1 amide bonds. The van der Waals surface area contributed by atoms with Crippen LogP contribution in [0, 0.1) is 29.6 Å². The van der Waals surface area contributed by atoms with E-state index in [9.17, 15) is 19.5 Å². The standard InChI is InChI=1S/C20H24BrNO5/c1-10-6-7-11-4-2-3-5-12(11)14(10)15(23)19(21)17-20(26)13(16(24)27-17)8-9-22(20)18(19)25/h6-7,10-14,17,26H,2-5,8-9H2,1H3. The molecule has 6 nitrogen and oxygen atoms in total. The highest BCUT2D eigenvalue weighted by Gasteiger charge is 2.80. The number of fused-ring (bicyclic) bond motifs is 1. The first-order valence-corrected chi connectivity index (χ1v) is 10.8. The van der Waals surface area contributed by atoms with E-state index < -0.39 is 33.9 Å². The van der Waals surface area contributed by atoms with Crippen LogP contribution < -0.4 is 0 Å². The highest BCUT2D eigenvalue weighted by atomic mass is 79.9. The fourth-order valence-electron chi connectivity index (χ4n) is 6.30. The molecule has 27 heavy (non-hydrogen) atoms. The van der Waals surface area contributed by atoms with Gasteiger partial charge in [-0.3, -0.25) is 14.4 Å². The zero-order valence-corrected chi connectivity index (χ0v) is 16.9. The Bertz CT molecular complexity index is 767. The van der Waals surface area contributed by atoms with Gasteiger partial charge < -0.3 is 14.7 Å². The Hall–Kier alpha value is -1.21. The van der Waals surface area contributed by atoms with Crippen molar-refractivity contribution in [2.75, 3.05) is 6.54 Å². The van der Waals surface area contributed by atoms with Crippen LogP contribution in [0.15, 0.2) is 12.2 Å². The lowest BCUT2D eigenvalue weighted by Crippen LogP contribution is -2.56. The van der Waals surface area contributed by atoms with Crippen LogP contribution in [0.3, 0.4) is 0 Å². The average Bonchev–Trinajstić information content (AvgIpc) is 3.19. The summed E-state index contributed by atoms with van der Waals surface area (Å²) in [5, 5.41) is 11.2. The normalized spacial score (nSPS) is 50.6.